The summed E-state index contributed by atoms with van der Waals surface area (Å²) in [7, 11) is -3.65. The van der Waals surface area contributed by atoms with Crippen molar-refractivity contribution in [1.82, 2.24) is 9.97 Å². The van der Waals surface area contributed by atoms with E-state index in [4.69, 9.17) is 5.11 Å². The van der Waals surface area contributed by atoms with Gasteiger partial charge in [-0.15, -0.1) is 0 Å². The van der Waals surface area contributed by atoms with Crippen LogP contribution in [-0.2, 0) is 15.8 Å². The van der Waals surface area contributed by atoms with Crippen LogP contribution in [0, 0.1) is 0 Å². The molecule has 0 aliphatic rings. The summed E-state index contributed by atoms with van der Waals surface area (Å²) in [4.78, 5) is 18.4. The Balaban J connectivity index is 2.10. The smallest absolute Gasteiger partial charge is 0.335 e. The monoisotopic (exact) mass is 371 g/mol. The Morgan fingerprint density at radius 2 is 1.86 bits per heavy atom. The van der Waals surface area contributed by atoms with Gasteiger partial charge < -0.3 is 5.11 Å². The topological polar surface area (TPSA) is 109 Å². The summed E-state index contributed by atoms with van der Waals surface area (Å²) in [6, 6.07) is 5.62. The summed E-state index contributed by atoms with van der Waals surface area (Å²) in [6.45, 7) is 0. The standard InChI is InChI=1S/C12H10BrN3O4S/c13-10-5-15-11(6-14-10)16-21(19,20)7-8-1-3-9(4-2-8)12(17)18/h1-6H,7H2,(H,15,16)(H,17,18). The van der Waals surface area contributed by atoms with E-state index in [1.165, 1.54) is 36.7 Å². The summed E-state index contributed by atoms with van der Waals surface area (Å²) in [5.74, 6) is -1.24. The van der Waals surface area contributed by atoms with E-state index in [0.717, 1.165) is 0 Å². The number of nitrogens with one attached hydrogen (secondary N) is 1. The third-order valence-corrected chi connectivity index (χ3v) is 4.08. The van der Waals surface area contributed by atoms with Crippen LogP contribution < -0.4 is 4.72 Å². The number of hydrogen-bond donors (Lipinski definition) is 2. The van der Waals surface area contributed by atoms with E-state index in [-0.39, 0.29) is 17.1 Å². The second-order valence-corrected chi connectivity index (χ2v) is 6.62. The maximum Gasteiger partial charge on any atom is 0.335 e. The molecule has 0 aliphatic heterocycles. The highest BCUT2D eigenvalue weighted by molar-refractivity contribution is 9.10. The van der Waals surface area contributed by atoms with Crippen LogP contribution in [0.4, 0.5) is 5.82 Å². The molecule has 0 amide bonds. The number of aromatic nitrogens is 2. The van der Waals surface area contributed by atoms with Crippen molar-refractivity contribution in [2.45, 2.75) is 5.75 Å². The molecule has 9 heteroatoms. The molecule has 0 bridgehead atoms. The lowest BCUT2D eigenvalue weighted by Crippen LogP contribution is -2.16. The Bertz CT molecular complexity index is 745. The van der Waals surface area contributed by atoms with Crippen LogP contribution in [0.15, 0.2) is 41.3 Å². The number of halogens is 1. The normalized spacial score (nSPS) is 11.1. The summed E-state index contributed by atoms with van der Waals surface area (Å²) in [5, 5.41) is 8.78. The van der Waals surface area contributed by atoms with Gasteiger partial charge in [-0.1, -0.05) is 12.1 Å². The molecule has 0 spiro atoms. The zero-order valence-electron chi connectivity index (χ0n) is 10.5. The first-order valence-corrected chi connectivity index (χ1v) is 8.10. The van der Waals surface area contributed by atoms with Crippen molar-refractivity contribution in [2.24, 2.45) is 0 Å². The highest BCUT2D eigenvalue weighted by atomic mass is 79.9. The molecule has 0 saturated carbocycles. The number of carboxylic acids is 1. The van der Waals surface area contributed by atoms with E-state index in [1.54, 1.807) is 0 Å². The third kappa shape index (κ3) is 4.50. The molecule has 0 fully saturated rings. The van der Waals surface area contributed by atoms with E-state index < -0.39 is 16.0 Å². The first-order valence-electron chi connectivity index (χ1n) is 5.66. The predicted molar refractivity (Wildman–Crippen MR) is 79.4 cm³/mol. The lowest BCUT2D eigenvalue weighted by Gasteiger charge is -2.07. The SMILES string of the molecule is O=C(O)c1ccc(CS(=O)(=O)Nc2cnc(Br)cn2)cc1. The molecule has 21 heavy (non-hydrogen) atoms. The molecule has 1 aromatic heterocycles. The largest absolute Gasteiger partial charge is 0.478 e. The van der Waals surface area contributed by atoms with Crippen LogP contribution >= 0.6 is 15.9 Å². The lowest BCUT2D eigenvalue weighted by atomic mass is 10.1. The zero-order valence-corrected chi connectivity index (χ0v) is 12.9. The predicted octanol–water partition coefficient (Wildman–Crippen LogP) is 1.88. The molecule has 1 aromatic carbocycles. The van der Waals surface area contributed by atoms with Crippen molar-refractivity contribution in [3.8, 4) is 0 Å². The van der Waals surface area contributed by atoms with Crippen molar-refractivity contribution in [3.05, 3.63) is 52.4 Å². The third-order valence-electron chi connectivity index (χ3n) is 2.44. The number of carboxylic acid groups (broad SMARTS) is 1. The molecule has 110 valence electrons. The van der Waals surface area contributed by atoms with Crippen LogP contribution in [0.2, 0.25) is 0 Å². The maximum atomic E-state index is 12.0. The number of aromatic carboxylic acids is 1. The molecule has 0 atom stereocenters. The molecule has 1 heterocycles. The Hall–Kier alpha value is -2.00. The highest BCUT2D eigenvalue weighted by Crippen LogP contribution is 2.12. The number of anilines is 1. The Morgan fingerprint density at radius 1 is 1.19 bits per heavy atom. The van der Waals surface area contributed by atoms with Crippen molar-refractivity contribution in [3.63, 3.8) is 0 Å². The number of nitrogens with zero attached hydrogens (tertiary/aromatic N) is 2. The summed E-state index contributed by atoms with van der Waals surface area (Å²) >= 11 is 3.10. The van der Waals surface area contributed by atoms with E-state index in [0.29, 0.717) is 10.2 Å². The average Bonchev–Trinajstić information content (AvgIpc) is 2.41. The van der Waals surface area contributed by atoms with Gasteiger partial charge >= 0.3 is 5.97 Å². The lowest BCUT2D eigenvalue weighted by molar-refractivity contribution is 0.0697. The van der Waals surface area contributed by atoms with E-state index in [2.05, 4.69) is 30.6 Å². The van der Waals surface area contributed by atoms with Gasteiger partial charge in [-0.2, -0.15) is 0 Å². The van der Waals surface area contributed by atoms with Gasteiger partial charge in [-0.05, 0) is 33.6 Å². The van der Waals surface area contributed by atoms with Gasteiger partial charge in [0.25, 0.3) is 0 Å². The van der Waals surface area contributed by atoms with Gasteiger partial charge in [-0.25, -0.2) is 23.2 Å². The Labute approximate surface area is 129 Å². The van der Waals surface area contributed by atoms with Crippen molar-refractivity contribution in [2.75, 3.05) is 4.72 Å². The molecule has 7 nitrogen and oxygen atoms in total. The highest BCUT2D eigenvalue weighted by Gasteiger charge is 2.13. The van der Waals surface area contributed by atoms with E-state index in [1.807, 2.05) is 0 Å². The molecule has 2 rings (SSSR count). The van der Waals surface area contributed by atoms with Gasteiger partial charge in [0.1, 0.15) is 4.60 Å². The number of benzene rings is 1. The fourth-order valence-electron chi connectivity index (χ4n) is 1.52. The van der Waals surface area contributed by atoms with Crippen LogP contribution in [0.25, 0.3) is 0 Å². The van der Waals surface area contributed by atoms with Crippen LogP contribution in [0.1, 0.15) is 15.9 Å². The Morgan fingerprint density at radius 3 is 2.38 bits per heavy atom. The minimum Gasteiger partial charge on any atom is -0.478 e. The van der Waals surface area contributed by atoms with Gasteiger partial charge in [0.05, 0.1) is 23.7 Å². The average molecular weight is 372 g/mol. The number of carbonyl (C=O) groups is 1. The molecule has 2 N–H and O–H groups in total. The van der Waals surface area contributed by atoms with Crippen molar-refractivity contribution in [1.29, 1.82) is 0 Å². The van der Waals surface area contributed by atoms with Gasteiger partial charge in [0.2, 0.25) is 10.0 Å². The van der Waals surface area contributed by atoms with Gasteiger partial charge in [0.15, 0.2) is 5.82 Å². The number of sulfonamides is 1. The molecule has 0 radical (unpaired) electrons. The number of hydrogen-bond acceptors (Lipinski definition) is 5. The fraction of sp³-hybridized carbons (Fsp3) is 0.0833. The summed E-state index contributed by atoms with van der Waals surface area (Å²) in [6.07, 6.45) is 2.66. The van der Waals surface area contributed by atoms with Crippen LogP contribution in [0.5, 0.6) is 0 Å². The second kappa shape index (κ2) is 6.19. The van der Waals surface area contributed by atoms with E-state index >= 15 is 0 Å². The minimum absolute atomic E-state index is 0.0999. The molecule has 0 unspecified atom stereocenters. The molecular weight excluding hydrogens is 362 g/mol. The zero-order chi connectivity index (χ0) is 15.5. The van der Waals surface area contributed by atoms with Crippen molar-refractivity contribution >= 4 is 37.7 Å². The minimum atomic E-state index is -3.65. The van der Waals surface area contributed by atoms with Crippen LogP contribution in [0.3, 0.4) is 0 Å². The first-order chi connectivity index (χ1) is 9.85. The molecule has 0 aliphatic carbocycles. The first kappa shape index (κ1) is 15.4. The maximum absolute atomic E-state index is 12.0. The molecule has 0 saturated heterocycles. The van der Waals surface area contributed by atoms with Gasteiger partial charge in [0, 0.05) is 0 Å². The number of rotatable bonds is 5. The van der Waals surface area contributed by atoms with E-state index in [9.17, 15) is 13.2 Å². The second-order valence-electron chi connectivity index (χ2n) is 4.09. The molecule has 2 aromatic rings. The van der Waals surface area contributed by atoms with Gasteiger partial charge in [-0.3, -0.25) is 4.72 Å². The van der Waals surface area contributed by atoms with Crippen molar-refractivity contribution < 1.29 is 18.3 Å². The summed E-state index contributed by atoms with van der Waals surface area (Å²) in [5.41, 5.74) is 0.570. The van der Waals surface area contributed by atoms with Crippen LogP contribution in [-0.4, -0.2) is 29.5 Å². The quantitative estimate of drug-likeness (QED) is 0.830. The Kier molecular flexibility index (Phi) is 4.53. The fourth-order valence-corrected chi connectivity index (χ4v) is 2.86. The molecular formula is C12H10BrN3O4S. The summed E-state index contributed by atoms with van der Waals surface area (Å²) < 4.78 is 26.7.